The molecule has 0 saturated heterocycles. The van der Waals surface area contributed by atoms with Gasteiger partial charge >= 0.3 is 0 Å². The average molecular weight is 423 g/mol. The number of amides is 1. The first-order valence-electron chi connectivity index (χ1n) is 8.85. The molecule has 1 atom stereocenters. The van der Waals surface area contributed by atoms with E-state index >= 15 is 0 Å². The van der Waals surface area contributed by atoms with E-state index in [0.29, 0.717) is 18.0 Å². The molecule has 8 heteroatoms. The lowest BCUT2D eigenvalue weighted by molar-refractivity contribution is -0.121. The average Bonchev–Trinajstić information content (AvgIpc) is 2.67. The summed E-state index contributed by atoms with van der Waals surface area (Å²) >= 11 is 1.71. The maximum Gasteiger partial charge on any atom is 0.243 e. The second-order valence-electron chi connectivity index (χ2n) is 6.27. The van der Waals surface area contributed by atoms with Crippen LogP contribution in [-0.2, 0) is 20.6 Å². The van der Waals surface area contributed by atoms with Gasteiger partial charge in [-0.1, -0.05) is 36.4 Å². The quantitative estimate of drug-likeness (QED) is 0.596. The second-order valence-corrected chi connectivity index (χ2v) is 9.23. The van der Waals surface area contributed by atoms with Crippen molar-refractivity contribution < 1.29 is 17.9 Å². The highest BCUT2D eigenvalue weighted by Gasteiger charge is 2.29. The maximum absolute atomic E-state index is 12.5. The zero-order valence-corrected chi connectivity index (χ0v) is 17.9. The molecule has 0 aliphatic carbocycles. The Balaban J connectivity index is 1.94. The lowest BCUT2D eigenvalue weighted by Crippen LogP contribution is -2.48. The molecule has 0 fully saturated rings. The van der Waals surface area contributed by atoms with Crippen LogP contribution in [0.2, 0.25) is 0 Å². The van der Waals surface area contributed by atoms with Gasteiger partial charge in [-0.15, -0.1) is 0 Å². The van der Waals surface area contributed by atoms with Gasteiger partial charge in [-0.25, -0.2) is 8.42 Å². The van der Waals surface area contributed by atoms with Crippen molar-refractivity contribution in [2.45, 2.75) is 18.7 Å². The van der Waals surface area contributed by atoms with Crippen LogP contribution in [0.4, 0.5) is 5.69 Å². The number of benzene rings is 2. The van der Waals surface area contributed by atoms with Crippen molar-refractivity contribution in [1.29, 1.82) is 0 Å². The lowest BCUT2D eigenvalue weighted by Gasteiger charge is -2.28. The number of thioether (sulfide) groups is 1. The van der Waals surface area contributed by atoms with E-state index in [4.69, 9.17) is 4.74 Å². The number of anilines is 1. The number of nitrogens with one attached hydrogen (secondary N) is 1. The minimum atomic E-state index is -3.65. The Kier molecular flexibility index (Phi) is 8.19. The van der Waals surface area contributed by atoms with Gasteiger partial charge in [0.1, 0.15) is 11.8 Å². The number of carbonyl (C=O) groups excluding carboxylic acids is 1. The number of hydrogen-bond acceptors (Lipinski definition) is 5. The van der Waals surface area contributed by atoms with Crippen LogP contribution in [0.25, 0.3) is 0 Å². The van der Waals surface area contributed by atoms with Crippen LogP contribution in [0.3, 0.4) is 0 Å². The molecule has 0 unspecified atom stereocenters. The summed E-state index contributed by atoms with van der Waals surface area (Å²) in [6.07, 6.45) is 1.09. The van der Waals surface area contributed by atoms with Crippen LogP contribution in [0, 0.1) is 0 Å². The molecule has 0 heterocycles. The van der Waals surface area contributed by atoms with Crippen molar-refractivity contribution in [1.82, 2.24) is 5.32 Å². The first kappa shape index (κ1) is 22.1. The standard InChI is InChI=1S/C20H26N2O4S2/c1-16(20(23)21-12-13-27-15-17-8-5-4-6-9-17)22(28(3,24)25)18-10-7-11-19(14-18)26-2/h4-11,14,16H,12-13,15H2,1-3H3,(H,21,23)/t16-/m1/s1. The predicted molar refractivity (Wildman–Crippen MR) is 115 cm³/mol. The molecule has 6 nitrogen and oxygen atoms in total. The minimum absolute atomic E-state index is 0.339. The predicted octanol–water partition coefficient (Wildman–Crippen LogP) is 2.90. The third-order valence-electron chi connectivity index (χ3n) is 4.05. The van der Waals surface area contributed by atoms with E-state index in [9.17, 15) is 13.2 Å². The van der Waals surface area contributed by atoms with Crippen molar-refractivity contribution in [3.8, 4) is 5.75 Å². The van der Waals surface area contributed by atoms with Crippen LogP contribution in [0.15, 0.2) is 54.6 Å². The smallest absolute Gasteiger partial charge is 0.243 e. The summed E-state index contributed by atoms with van der Waals surface area (Å²) in [5.41, 5.74) is 1.62. The van der Waals surface area contributed by atoms with Crippen molar-refractivity contribution in [3.63, 3.8) is 0 Å². The van der Waals surface area contributed by atoms with E-state index in [1.807, 2.05) is 18.2 Å². The number of nitrogens with zero attached hydrogens (tertiary/aromatic N) is 1. The van der Waals surface area contributed by atoms with Gasteiger partial charge in [0.25, 0.3) is 0 Å². The molecule has 2 aromatic rings. The molecule has 28 heavy (non-hydrogen) atoms. The van der Waals surface area contributed by atoms with E-state index in [1.165, 1.54) is 12.7 Å². The number of carbonyl (C=O) groups is 1. The first-order chi connectivity index (χ1) is 13.3. The molecule has 0 aliphatic heterocycles. The Labute approximate surface area is 171 Å². The number of rotatable bonds is 10. The third-order valence-corrected chi connectivity index (χ3v) is 6.33. The van der Waals surface area contributed by atoms with Gasteiger partial charge in [-0.3, -0.25) is 9.10 Å². The molecule has 0 spiro atoms. The number of sulfonamides is 1. The van der Waals surface area contributed by atoms with Crippen molar-refractivity contribution in [2.75, 3.05) is 30.0 Å². The van der Waals surface area contributed by atoms with E-state index in [2.05, 4.69) is 17.4 Å². The Bertz CT molecular complexity index is 873. The minimum Gasteiger partial charge on any atom is -0.497 e. The van der Waals surface area contributed by atoms with Gasteiger partial charge in [-0.05, 0) is 24.6 Å². The van der Waals surface area contributed by atoms with Gasteiger partial charge in [0.15, 0.2) is 0 Å². The topological polar surface area (TPSA) is 75.7 Å². The summed E-state index contributed by atoms with van der Waals surface area (Å²) in [6, 6.07) is 15.9. The molecule has 0 aliphatic rings. The Morgan fingerprint density at radius 1 is 1.18 bits per heavy atom. The molecule has 1 N–H and O–H groups in total. The Hall–Kier alpha value is -2.19. The summed E-state index contributed by atoms with van der Waals surface area (Å²) in [4.78, 5) is 12.5. The SMILES string of the molecule is COc1cccc(N([C@H](C)C(=O)NCCSCc2ccccc2)S(C)(=O)=O)c1. The highest BCUT2D eigenvalue weighted by molar-refractivity contribution is 7.98. The normalized spacial score (nSPS) is 12.2. The van der Waals surface area contributed by atoms with E-state index < -0.39 is 16.1 Å². The molecule has 2 aromatic carbocycles. The van der Waals surface area contributed by atoms with Crippen LogP contribution in [0.1, 0.15) is 12.5 Å². The highest BCUT2D eigenvalue weighted by atomic mass is 32.2. The lowest BCUT2D eigenvalue weighted by atomic mass is 10.2. The molecule has 2 rings (SSSR count). The first-order valence-corrected chi connectivity index (χ1v) is 11.9. The van der Waals surface area contributed by atoms with Crippen LogP contribution < -0.4 is 14.4 Å². The van der Waals surface area contributed by atoms with Crippen molar-refractivity contribution >= 4 is 33.4 Å². The van der Waals surface area contributed by atoms with Crippen molar-refractivity contribution in [3.05, 3.63) is 60.2 Å². The highest BCUT2D eigenvalue weighted by Crippen LogP contribution is 2.25. The third kappa shape index (κ3) is 6.45. The maximum atomic E-state index is 12.5. The zero-order valence-electron chi connectivity index (χ0n) is 16.3. The van der Waals surface area contributed by atoms with Crippen LogP contribution in [-0.4, -0.2) is 46.0 Å². The molecule has 152 valence electrons. The molecule has 0 radical (unpaired) electrons. The summed E-state index contributed by atoms with van der Waals surface area (Å²) < 4.78 is 30.9. The van der Waals surface area contributed by atoms with Gasteiger partial charge in [0.2, 0.25) is 15.9 Å². The number of methoxy groups -OCH3 is 1. The number of ether oxygens (including phenoxy) is 1. The van der Waals surface area contributed by atoms with Gasteiger partial charge in [-0.2, -0.15) is 11.8 Å². The largest absolute Gasteiger partial charge is 0.497 e. The van der Waals surface area contributed by atoms with Gasteiger partial charge in [0.05, 0.1) is 19.1 Å². The molecule has 0 bridgehead atoms. The fourth-order valence-corrected chi connectivity index (χ4v) is 4.70. The fraction of sp³-hybridized carbons (Fsp3) is 0.350. The summed E-state index contributed by atoms with van der Waals surface area (Å²) in [5.74, 6) is 1.79. The van der Waals surface area contributed by atoms with E-state index in [0.717, 1.165) is 22.1 Å². The van der Waals surface area contributed by atoms with E-state index in [1.54, 1.807) is 43.0 Å². The molecular formula is C20H26N2O4S2. The van der Waals surface area contributed by atoms with Crippen molar-refractivity contribution in [2.24, 2.45) is 0 Å². The molecule has 0 aromatic heterocycles. The molecule has 0 saturated carbocycles. The summed E-state index contributed by atoms with van der Waals surface area (Å²) in [7, 11) is -2.14. The van der Waals surface area contributed by atoms with Crippen LogP contribution >= 0.6 is 11.8 Å². The Morgan fingerprint density at radius 3 is 2.54 bits per heavy atom. The van der Waals surface area contributed by atoms with E-state index in [-0.39, 0.29) is 5.91 Å². The second kappa shape index (κ2) is 10.4. The monoisotopic (exact) mass is 422 g/mol. The zero-order chi connectivity index (χ0) is 20.6. The molecule has 1 amide bonds. The number of hydrogen-bond donors (Lipinski definition) is 1. The van der Waals surface area contributed by atoms with Gasteiger partial charge < -0.3 is 10.1 Å². The Morgan fingerprint density at radius 2 is 1.89 bits per heavy atom. The molecular weight excluding hydrogens is 396 g/mol. The van der Waals surface area contributed by atoms with Crippen LogP contribution in [0.5, 0.6) is 5.75 Å². The summed E-state index contributed by atoms with van der Waals surface area (Å²) in [5, 5.41) is 2.82. The summed E-state index contributed by atoms with van der Waals surface area (Å²) in [6.45, 7) is 2.04. The van der Waals surface area contributed by atoms with Gasteiger partial charge in [0, 0.05) is 24.1 Å². The fourth-order valence-electron chi connectivity index (χ4n) is 2.71.